The van der Waals surface area contributed by atoms with Gasteiger partial charge < -0.3 is 5.32 Å². The number of thiazole rings is 1. The van der Waals surface area contributed by atoms with E-state index in [0.29, 0.717) is 6.04 Å². The number of hydrogen-bond donors (Lipinski definition) is 1. The lowest BCUT2D eigenvalue weighted by atomic mass is 9.95. The van der Waals surface area contributed by atoms with Crippen molar-refractivity contribution >= 4 is 11.3 Å². The van der Waals surface area contributed by atoms with Gasteiger partial charge in [-0.2, -0.15) is 5.26 Å². The number of nitrogens with one attached hydrogen (secondary N) is 1. The molecule has 0 aliphatic heterocycles. The summed E-state index contributed by atoms with van der Waals surface area (Å²) in [5.74, 6) is 0. The van der Waals surface area contributed by atoms with Crippen LogP contribution in [0.25, 0.3) is 0 Å². The third-order valence-corrected chi connectivity index (χ3v) is 4.67. The van der Waals surface area contributed by atoms with E-state index in [4.69, 9.17) is 4.98 Å². The normalized spacial score (nSPS) is 19.8. The lowest BCUT2D eigenvalue weighted by molar-refractivity contribution is 0.463. The zero-order valence-electron chi connectivity index (χ0n) is 10.7. The fourth-order valence-electron chi connectivity index (χ4n) is 2.18. The summed E-state index contributed by atoms with van der Waals surface area (Å²) in [6.45, 7) is 6.98. The van der Waals surface area contributed by atoms with Crippen molar-refractivity contribution in [2.45, 2.75) is 51.5 Å². The molecule has 0 aromatic carbocycles. The Balaban J connectivity index is 2.34. The molecule has 2 rings (SSSR count). The number of fused-ring (bicyclic) bond motifs is 1. The fraction of sp³-hybridized carbons (Fsp3) is 0.692. The van der Waals surface area contributed by atoms with Crippen LogP contribution < -0.4 is 5.32 Å². The van der Waals surface area contributed by atoms with Crippen LogP contribution in [0.1, 0.15) is 55.2 Å². The third kappa shape index (κ3) is 2.36. The second-order valence-corrected chi connectivity index (χ2v) is 6.15. The summed E-state index contributed by atoms with van der Waals surface area (Å²) in [4.78, 5) is 6.10. The first kappa shape index (κ1) is 12.5. The molecule has 0 saturated heterocycles. The zero-order valence-corrected chi connectivity index (χ0v) is 11.5. The lowest BCUT2D eigenvalue weighted by Crippen LogP contribution is -2.25. The Morgan fingerprint density at radius 1 is 1.59 bits per heavy atom. The van der Waals surface area contributed by atoms with Gasteiger partial charge in [0.2, 0.25) is 0 Å². The first-order chi connectivity index (χ1) is 8.08. The minimum absolute atomic E-state index is 0.392. The highest BCUT2D eigenvalue weighted by Crippen LogP contribution is 2.37. The largest absolute Gasteiger partial charge is 0.309 e. The van der Waals surface area contributed by atoms with Crippen LogP contribution >= 0.6 is 11.3 Å². The van der Waals surface area contributed by atoms with Crippen molar-refractivity contribution in [2.75, 3.05) is 6.54 Å². The molecule has 0 saturated carbocycles. The van der Waals surface area contributed by atoms with Crippen LogP contribution in [0.15, 0.2) is 0 Å². The molecule has 1 N–H and O–H groups in total. The van der Waals surface area contributed by atoms with Crippen LogP contribution in [-0.2, 0) is 11.8 Å². The Kier molecular flexibility index (Phi) is 3.50. The molecule has 0 fully saturated rings. The monoisotopic (exact) mass is 249 g/mol. The molecule has 4 heteroatoms. The second kappa shape index (κ2) is 4.75. The molecule has 1 aromatic rings. The van der Waals surface area contributed by atoms with Gasteiger partial charge in [-0.25, -0.2) is 4.98 Å². The summed E-state index contributed by atoms with van der Waals surface area (Å²) < 4.78 is 0. The van der Waals surface area contributed by atoms with E-state index in [9.17, 15) is 5.26 Å². The van der Waals surface area contributed by atoms with Gasteiger partial charge in [0, 0.05) is 4.88 Å². The first-order valence-corrected chi connectivity index (χ1v) is 7.05. The number of nitrogens with zero attached hydrogens (tertiary/aromatic N) is 2. The van der Waals surface area contributed by atoms with Gasteiger partial charge in [0.05, 0.1) is 17.8 Å². The third-order valence-electron chi connectivity index (χ3n) is 3.22. The van der Waals surface area contributed by atoms with Gasteiger partial charge >= 0.3 is 0 Å². The van der Waals surface area contributed by atoms with Crippen LogP contribution in [0.5, 0.6) is 0 Å². The van der Waals surface area contributed by atoms with E-state index in [-0.39, 0.29) is 0 Å². The summed E-state index contributed by atoms with van der Waals surface area (Å²) in [7, 11) is 0. The standard InChI is InChI=1S/C13H19N3S/c1-4-15-9-6-5-7-10-11(9)16-12(17-10)13(2,3)8-14/h9,15H,4-7H2,1-3H3. The van der Waals surface area contributed by atoms with Crippen LogP contribution in [0.3, 0.4) is 0 Å². The SMILES string of the molecule is CCNC1CCCc2sc(C(C)(C)C#N)nc21. The van der Waals surface area contributed by atoms with Crippen LogP contribution in [0, 0.1) is 11.3 Å². The Morgan fingerprint density at radius 3 is 3.00 bits per heavy atom. The Hall–Kier alpha value is -0.920. The molecule has 1 aliphatic carbocycles. The van der Waals surface area contributed by atoms with Crippen LogP contribution in [0.2, 0.25) is 0 Å². The average molecular weight is 249 g/mol. The Morgan fingerprint density at radius 2 is 2.35 bits per heavy atom. The van der Waals surface area contributed by atoms with Crippen molar-refractivity contribution in [3.8, 4) is 6.07 Å². The van der Waals surface area contributed by atoms with Crippen molar-refractivity contribution in [2.24, 2.45) is 0 Å². The molecule has 1 aromatic heterocycles. The molecule has 1 atom stereocenters. The number of rotatable bonds is 3. The second-order valence-electron chi connectivity index (χ2n) is 5.07. The highest BCUT2D eigenvalue weighted by molar-refractivity contribution is 7.12. The number of aromatic nitrogens is 1. The molecular weight excluding hydrogens is 230 g/mol. The van der Waals surface area contributed by atoms with E-state index in [1.165, 1.54) is 17.0 Å². The number of hydrogen-bond acceptors (Lipinski definition) is 4. The predicted octanol–water partition coefficient (Wildman–Crippen LogP) is 2.93. The summed E-state index contributed by atoms with van der Waals surface area (Å²) >= 11 is 1.72. The lowest BCUT2D eigenvalue weighted by Gasteiger charge is -2.21. The Labute approximate surface area is 107 Å². The average Bonchev–Trinajstić information content (AvgIpc) is 2.75. The molecule has 17 heavy (non-hydrogen) atoms. The van der Waals surface area contributed by atoms with Crippen LogP contribution in [-0.4, -0.2) is 11.5 Å². The van der Waals surface area contributed by atoms with Crippen LogP contribution in [0.4, 0.5) is 0 Å². The summed E-state index contributed by atoms with van der Waals surface area (Å²) in [6.07, 6.45) is 3.51. The molecule has 3 nitrogen and oxygen atoms in total. The van der Waals surface area contributed by atoms with Gasteiger partial charge in [0.1, 0.15) is 10.4 Å². The van der Waals surface area contributed by atoms with Gasteiger partial charge in [-0.1, -0.05) is 6.92 Å². The van der Waals surface area contributed by atoms with Gasteiger partial charge in [-0.15, -0.1) is 11.3 Å². The maximum atomic E-state index is 9.18. The van der Waals surface area contributed by atoms with Gasteiger partial charge in [0.15, 0.2) is 0 Å². The number of aryl methyl sites for hydroxylation is 1. The molecule has 0 amide bonds. The minimum atomic E-state index is -0.460. The van der Waals surface area contributed by atoms with E-state index in [2.05, 4.69) is 18.3 Å². The predicted molar refractivity (Wildman–Crippen MR) is 70.1 cm³/mol. The maximum Gasteiger partial charge on any atom is 0.113 e. The van der Waals surface area contributed by atoms with Crippen molar-refractivity contribution < 1.29 is 0 Å². The quantitative estimate of drug-likeness (QED) is 0.896. The summed E-state index contributed by atoms with van der Waals surface area (Å²) in [6, 6.07) is 2.73. The molecule has 1 aliphatic rings. The van der Waals surface area contributed by atoms with Crippen molar-refractivity contribution in [1.82, 2.24) is 10.3 Å². The van der Waals surface area contributed by atoms with E-state index >= 15 is 0 Å². The van der Waals surface area contributed by atoms with E-state index < -0.39 is 5.41 Å². The molecule has 1 unspecified atom stereocenters. The van der Waals surface area contributed by atoms with Crippen molar-refractivity contribution in [1.29, 1.82) is 5.26 Å². The van der Waals surface area contributed by atoms with E-state index in [1.54, 1.807) is 11.3 Å². The molecule has 0 radical (unpaired) electrons. The maximum absolute atomic E-state index is 9.18. The highest BCUT2D eigenvalue weighted by Gasteiger charge is 2.30. The topological polar surface area (TPSA) is 48.7 Å². The van der Waals surface area contributed by atoms with Gasteiger partial charge in [-0.3, -0.25) is 0 Å². The molecule has 0 bridgehead atoms. The Bertz CT molecular complexity index is 442. The van der Waals surface area contributed by atoms with Gasteiger partial charge in [0.25, 0.3) is 0 Å². The zero-order chi connectivity index (χ0) is 12.5. The van der Waals surface area contributed by atoms with Crippen molar-refractivity contribution in [3.05, 3.63) is 15.6 Å². The van der Waals surface area contributed by atoms with Gasteiger partial charge in [-0.05, 0) is 39.7 Å². The molecule has 92 valence electrons. The summed E-state index contributed by atoms with van der Waals surface area (Å²) in [5.41, 5.74) is 0.736. The smallest absolute Gasteiger partial charge is 0.113 e. The molecular formula is C13H19N3S. The fourth-order valence-corrected chi connectivity index (χ4v) is 3.40. The summed E-state index contributed by atoms with van der Waals surface area (Å²) in [5, 5.41) is 13.6. The highest BCUT2D eigenvalue weighted by atomic mass is 32.1. The molecule has 1 heterocycles. The first-order valence-electron chi connectivity index (χ1n) is 6.23. The van der Waals surface area contributed by atoms with Crippen molar-refractivity contribution in [3.63, 3.8) is 0 Å². The van der Waals surface area contributed by atoms with E-state index in [1.807, 2.05) is 13.8 Å². The molecule has 0 spiro atoms. The number of nitriles is 1. The van der Waals surface area contributed by atoms with E-state index in [0.717, 1.165) is 24.4 Å². The minimum Gasteiger partial charge on any atom is -0.309 e.